The van der Waals surface area contributed by atoms with Crippen molar-refractivity contribution in [3.63, 3.8) is 0 Å². The van der Waals surface area contributed by atoms with Gasteiger partial charge in [-0.25, -0.2) is 14.4 Å². The first kappa shape index (κ1) is 16.8. The summed E-state index contributed by atoms with van der Waals surface area (Å²) in [7, 11) is 0. The number of rotatable bonds is 3. The zero-order valence-electron chi connectivity index (χ0n) is 14.3. The number of hydrogen-bond acceptors (Lipinski definition) is 6. The molecule has 1 amide bonds. The lowest BCUT2D eigenvalue weighted by molar-refractivity contribution is -0.0247. The second kappa shape index (κ2) is 7.33. The van der Waals surface area contributed by atoms with Gasteiger partial charge in [0.2, 0.25) is 5.95 Å². The van der Waals surface area contributed by atoms with Crippen LogP contribution in [0.5, 0.6) is 0 Å². The van der Waals surface area contributed by atoms with Crippen molar-refractivity contribution in [3.8, 4) is 0 Å². The van der Waals surface area contributed by atoms with E-state index < -0.39 is 5.82 Å². The number of aromatic nitrogens is 3. The van der Waals surface area contributed by atoms with Crippen LogP contribution in [0.3, 0.4) is 0 Å². The van der Waals surface area contributed by atoms with Gasteiger partial charge >= 0.3 is 0 Å². The Morgan fingerprint density at radius 2 is 2.08 bits per heavy atom. The predicted molar refractivity (Wildman–Crippen MR) is 92.3 cm³/mol. The van der Waals surface area contributed by atoms with E-state index in [0.29, 0.717) is 25.6 Å². The van der Waals surface area contributed by atoms with Gasteiger partial charge < -0.3 is 14.5 Å². The third-order valence-corrected chi connectivity index (χ3v) is 4.69. The van der Waals surface area contributed by atoms with Crippen molar-refractivity contribution < 1.29 is 13.9 Å². The highest BCUT2D eigenvalue weighted by Crippen LogP contribution is 2.24. The van der Waals surface area contributed by atoms with Gasteiger partial charge in [-0.2, -0.15) is 0 Å². The SMILES string of the molecule is O=C(c1cncc(F)c1)N1CCO[C@H](c2ccnc(N3CCCC3)n2)C1. The van der Waals surface area contributed by atoms with Crippen LogP contribution in [0.25, 0.3) is 0 Å². The van der Waals surface area contributed by atoms with Gasteiger partial charge in [-0.15, -0.1) is 0 Å². The van der Waals surface area contributed by atoms with Crippen molar-refractivity contribution in [3.05, 3.63) is 47.8 Å². The number of morpholine rings is 1. The number of pyridine rings is 1. The summed E-state index contributed by atoms with van der Waals surface area (Å²) in [6.07, 6.45) is 6.18. The Kier molecular flexibility index (Phi) is 4.75. The summed E-state index contributed by atoms with van der Waals surface area (Å²) in [5.41, 5.74) is 1.00. The Balaban J connectivity index is 1.50. The van der Waals surface area contributed by atoms with Crippen molar-refractivity contribution >= 4 is 11.9 Å². The third kappa shape index (κ3) is 3.50. The van der Waals surface area contributed by atoms with E-state index in [9.17, 15) is 9.18 Å². The maximum absolute atomic E-state index is 13.3. The summed E-state index contributed by atoms with van der Waals surface area (Å²) in [5, 5.41) is 0. The summed E-state index contributed by atoms with van der Waals surface area (Å²) in [4.78, 5) is 29.2. The molecule has 0 bridgehead atoms. The highest BCUT2D eigenvalue weighted by molar-refractivity contribution is 5.94. The second-order valence-corrected chi connectivity index (χ2v) is 6.48. The van der Waals surface area contributed by atoms with Crippen LogP contribution in [0, 0.1) is 5.82 Å². The average molecular weight is 357 g/mol. The van der Waals surface area contributed by atoms with Gasteiger partial charge in [0, 0.05) is 32.0 Å². The molecule has 2 aliphatic rings. The van der Waals surface area contributed by atoms with Crippen LogP contribution < -0.4 is 4.90 Å². The van der Waals surface area contributed by atoms with E-state index >= 15 is 0 Å². The zero-order valence-corrected chi connectivity index (χ0v) is 14.3. The van der Waals surface area contributed by atoms with Crippen LogP contribution in [0.2, 0.25) is 0 Å². The van der Waals surface area contributed by atoms with Gasteiger partial charge in [0.15, 0.2) is 0 Å². The Morgan fingerprint density at radius 1 is 1.23 bits per heavy atom. The van der Waals surface area contributed by atoms with Crippen LogP contribution >= 0.6 is 0 Å². The lowest BCUT2D eigenvalue weighted by atomic mass is 10.1. The molecule has 0 aliphatic carbocycles. The minimum atomic E-state index is -0.522. The first-order valence-corrected chi connectivity index (χ1v) is 8.80. The molecule has 0 N–H and O–H groups in total. The summed E-state index contributed by atoms with van der Waals surface area (Å²) in [5.74, 6) is -0.0628. The first-order chi connectivity index (χ1) is 12.7. The second-order valence-electron chi connectivity index (χ2n) is 6.48. The van der Waals surface area contributed by atoms with E-state index in [4.69, 9.17) is 4.74 Å². The lowest BCUT2D eigenvalue weighted by Gasteiger charge is -2.33. The number of carbonyl (C=O) groups excluding carboxylic acids is 1. The molecule has 0 radical (unpaired) electrons. The predicted octanol–water partition coefficient (Wildman–Crippen LogP) is 1.82. The lowest BCUT2D eigenvalue weighted by Crippen LogP contribution is -2.42. The number of nitrogens with zero attached hydrogens (tertiary/aromatic N) is 5. The van der Waals surface area contributed by atoms with E-state index in [1.165, 1.54) is 12.3 Å². The first-order valence-electron chi connectivity index (χ1n) is 8.80. The smallest absolute Gasteiger partial charge is 0.255 e. The molecule has 0 saturated carbocycles. The number of hydrogen-bond donors (Lipinski definition) is 0. The molecule has 0 unspecified atom stereocenters. The molecule has 1 atom stereocenters. The summed E-state index contributed by atoms with van der Waals surface area (Å²) in [6.45, 7) is 3.15. The molecule has 26 heavy (non-hydrogen) atoms. The largest absolute Gasteiger partial charge is 0.368 e. The Bertz CT molecular complexity index is 797. The monoisotopic (exact) mass is 357 g/mol. The fourth-order valence-corrected chi connectivity index (χ4v) is 3.33. The van der Waals surface area contributed by atoms with Gasteiger partial charge in [-0.05, 0) is 25.0 Å². The molecule has 136 valence electrons. The molecule has 0 spiro atoms. The minimum Gasteiger partial charge on any atom is -0.368 e. The fraction of sp³-hybridized carbons (Fsp3) is 0.444. The number of amides is 1. The van der Waals surface area contributed by atoms with E-state index in [2.05, 4.69) is 19.9 Å². The van der Waals surface area contributed by atoms with Gasteiger partial charge in [-0.3, -0.25) is 9.78 Å². The molecule has 0 aromatic carbocycles. The van der Waals surface area contributed by atoms with Crippen molar-refractivity contribution in [2.24, 2.45) is 0 Å². The molecular weight excluding hydrogens is 337 g/mol. The van der Waals surface area contributed by atoms with E-state index in [1.807, 2.05) is 6.07 Å². The summed E-state index contributed by atoms with van der Waals surface area (Å²) >= 11 is 0. The molecule has 7 nitrogen and oxygen atoms in total. The molecule has 2 saturated heterocycles. The molecular formula is C18H20FN5O2. The highest BCUT2D eigenvalue weighted by Gasteiger charge is 2.28. The zero-order chi connectivity index (χ0) is 17.9. The Hall–Kier alpha value is -2.61. The quantitative estimate of drug-likeness (QED) is 0.835. The number of halogens is 1. The molecule has 8 heteroatoms. The van der Waals surface area contributed by atoms with Gasteiger partial charge in [-0.1, -0.05) is 0 Å². The van der Waals surface area contributed by atoms with Crippen LogP contribution in [-0.4, -0.2) is 58.5 Å². The maximum atomic E-state index is 13.3. The van der Waals surface area contributed by atoms with E-state index in [-0.39, 0.29) is 17.6 Å². The van der Waals surface area contributed by atoms with Crippen molar-refractivity contribution in [2.75, 3.05) is 37.7 Å². The van der Waals surface area contributed by atoms with Crippen LogP contribution in [0.4, 0.5) is 10.3 Å². The molecule has 2 fully saturated rings. The van der Waals surface area contributed by atoms with Crippen molar-refractivity contribution in [1.82, 2.24) is 19.9 Å². The molecule has 4 heterocycles. The van der Waals surface area contributed by atoms with Crippen LogP contribution in [0.1, 0.15) is 35.0 Å². The molecule has 2 aliphatic heterocycles. The highest BCUT2D eigenvalue weighted by atomic mass is 19.1. The van der Waals surface area contributed by atoms with E-state index in [0.717, 1.165) is 37.8 Å². The van der Waals surface area contributed by atoms with Crippen LogP contribution in [0.15, 0.2) is 30.7 Å². The number of anilines is 1. The van der Waals surface area contributed by atoms with Gasteiger partial charge in [0.1, 0.15) is 11.9 Å². The summed E-state index contributed by atoms with van der Waals surface area (Å²) < 4.78 is 19.2. The third-order valence-electron chi connectivity index (χ3n) is 4.69. The normalized spacial score (nSPS) is 20.4. The Labute approximate surface area is 150 Å². The standard InChI is InChI=1S/C18H20FN5O2/c19-14-9-13(10-20-11-14)17(25)24-7-8-26-16(12-24)15-3-4-21-18(22-15)23-5-1-2-6-23/h3-4,9-11,16H,1-2,5-8,12H2/t16-/m0/s1. The molecule has 2 aromatic rings. The van der Waals surface area contributed by atoms with Crippen molar-refractivity contribution in [1.29, 1.82) is 0 Å². The number of carbonyl (C=O) groups is 1. The van der Waals surface area contributed by atoms with Crippen LogP contribution in [-0.2, 0) is 4.74 Å². The summed E-state index contributed by atoms with van der Waals surface area (Å²) in [6, 6.07) is 3.03. The van der Waals surface area contributed by atoms with Crippen molar-refractivity contribution in [2.45, 2.75) is 18.9 Å². The Morgan fingerprint density at radius 3 is 2.88 bits per heavy atom. The average Bonchev–Trinajstić information content (AvgIpc) is 3.22. The maximum Gasteiger partial charge on any atom is 0.255 e. The molecule has 2 aromatic heterocycles. The molecule has 4 rings (SSSR count). The minimum absolute atomic E-state index is 0.242. The van der Waals surface area contributed by atoms with Gasteiger partial charge in [0.05, 0.1) is 30.6 Å². The topological polar surface area (TPSA) is 71.5 Å². The van der Waals surface area contributed by atoms with E-state index in [1.54, 1.807) is 11.1 Å². The number of ether oxygens (including phenoxy) is 1. The fourth-order valence-electron chi connectivity index (χ4n) is 3.33. The van der Waals surface area contributed by atoms with Gasteiger partial charge in [0.25, 0.3) is 5.91 Å².